The van der Waals surface area contributed by atoms with E-state index in [4.69, 9.17) is 46.1 Å². The number of hydrogen-bond donors (Lipinski definition) is 6. The van der Waals surface area contributed by atoms with Crippen LogP contribution in [0.1, 0.15) is 170 Å². The van der Waals surface area contributed by atoms with Crippen LogP contribution in [-0.2, 0) is 79.0 Å². The van der Waals surface area contributed by atoms with Crippen molar-refractivity contribution in [2.45, 2.75) is 174 Å². The van der Waals surface area contributed by atoms with E-state index >= 15 is 0 Å². The zero-order valence-corrected chi connectivity index (χ0v) is 61.9. The van der Waals surface area contributed by atoms with Crippen molar-refractivity contribution in [2.24, 2.45) is 102 Å². The zero-order chi connectivity index (χ0) is 75.9. The number of rotatable bonds is 15. The van der Waals surface area contributed by atoms with Crippen LogP contribution in [-0.4, -0.2) is 68.1 Å². The highest BCUT2D eigenvalue weighted by atomic mass is 16.5. The molecular formula is C92H99N2O15+. The monoisotopic (exact) mass is 1470 g/mol. The SMILES string of the molecule is NC(=O)C1CC12CC2.NC(=O)C1CC12CC2.O=C(O)C1CC12CC2.O=C(O)C1CC12CC2.O=C(O)C1CC12CC2.O=C(OCc1ccc2ccccc2c1)C1CC12CC2.O=C(OCc1ccc2ccccc2c1)C1CC12CC2.O=C(OCc1ccc2ccccc2c1)C1CC12[CH+]C2.OCc1ccc2ccccc2c1. The summed E-state index contributed by atoms with van der Waals surface area (Å²) in [5.74, 6) is -0.706. The molecule has 8 aromatic rings. The molecule has 109 heavy (non-hydrogen) atoms. The van der Waals surface area contributed by atoms with Gasteiger partial charge in [0, 0.05) is 18.3 Å². The Labute approximate surface area is 635 Å². The van der Waals surface area contributed by atoms with Crippen LogP contribution in [0.2, 0.25) is 0 Å². The fraction of sp³-hybridized carbons (Fsp3) is 0.467. The summed E-state index contributed by atoms with van der Waals surface area (Å²) in [6.45, 7) is 1.30. The second-order valence-corrected chi connectivity index (χ2v) is 35.3. The number of carbonyl (C=O) groups is 8. The van der Waals surface area contributed by atoms with Gasteiger partial charge in [-0.1, -0.05) is 146 Å². The number of benzene rings is 8. The summed E-state index contributed by atoms with van der Waals surface area (Å²) in [4.78, 5) is 87.1. The maximum absolute atomic E-state index is 11.9. The Balaban J connectivity index is 0.0000000958. The lowest BCUT2D eigenvalue weighted by atomic mass is 10.1. The second-order valence-electron chi connectivity index (χ2n) is 35.3. The number of esters is 3. The molecule has 16 fully saturated rings. The fourth-order valence-corrected chi connectivity index (χ4v) is 17.3. The lowest BCUT2D eigenvalue weighted by Gasteiger charge is -2.06. The van der Waals surface area contributed by atoms with Crippen molar-refractivity contribution in [3.8, 4) is 0 Å². The van der Waals surface area contributed by atoms with Gasteiger partial charge in [0.2, 0.25) is 11.8 Å². The van der Waals surface area contributed by atoms with Crippen molar-refractivity contribution in [3.05, 3.63) is 199 Å². The molecule has 16 saturated carbocycles. The van der Waals surface area contributed by atoms with E-state index in [9.17, 15) is 38.4 Å². The largest absolute Gasteiger partial charge is 0.481 e. The fourth-order valence-electron chi connectivity index (χ4n) is 17.3. The second kappa shape index (κ2) is 28.4. The van der Waals surface area contributed by atoms with E-state index in [2.05, 4.69) is 91.3 Å². The van der Waals surface area contributed by atoms with Crippen LogP contribution in [0.4, 0.5) is 0 Å². The normalized spacial score (nSPS) is 27.3. The minimum Gasteiger partial charge on any atom is -0.481 e. The third kappa shape index (κ3) is 17.1. The molecular weight excluding hydrogens is 1370 g/mol. The molecule has 2 amide bonds. The molecule has 0 aliphatic heterocycles. The van der Waals surface area contributed by atoms with E-state index < -0.39 is 17.9 Å². The van der Waals surface area contributed by atoms with Crippen molar-refractivity contribution in [1.82, 2.24) is 0 Å². The first-order valence-corrected chi connectivity index (χ1v) is 39.6. The van der Waals surface area contributed by atoms with E-state index in [1.165, 1.54) is 133 Å². The quantitative estimate of drug-likeness (QED) is 0.0316. The number of aliphatic hydroxyl groups is 1. The number of primary amides is 2. The molecule has 9 unspecified atom stereocenters. The van der Waals surface area contributed by atoms with Gasteiger partial charge in [-0.25, -0.2) is 0 Å². The molecule has 8 aromatic carbocycles. The number of carbonyl (C=O) groups excluding carboxylic acids is 5. The first-order valence-electron chi connectivity index (χ1n) is 39.6. The molecule has 8 N–H and O–H groups in total. The highest BCUT2D eigenvalue weighted by molar-refractivity contribution is 5.87. The van der Waals surface area contributed by atoms with Crippen LogP contribution in [0.25, 0.3) is 43.1 Å². The first-order chi connectivity index (χ1) is 52.4. The van der Waals surface area contributed by atoms with Crippen LogP contribution in [0, 0.1) is 97.1 Å². The number of hydrogen-bond acceptors (Lipinski definition) is 12. The minimum atomic E-state index is -0.581. The van der Waals surface area contributed by atoms with Gasteiger partial charge in [-0.3, -0.25) is 38.4 Å². The lowest BCUT2D eigenvalue weighted by Crippen LogP contribution is -2.14. The third-order valence-electron chi connectivity index (χ3n) is 27.4. The number of aliphatic carboxylic acids is 3. The van der Waals surface area contributed by atoms with Gasteiger partial charge in [-0.05, 0) is 262 Å². The van der Waals surface area contributed by atoms with Crippen LogP contribution >= 0.6 is 0 Å². The van der Waals surface area contributed by atoms with Gasteiger partial charge in [0.1, 0.15) is 32.2 Å². The summed E-state index contributed by atoms with van der Waals surface area (Å²) in [5.41, 5.74) is 17.3. The van der Waals surface area contributed by atoms with Crippen molar-refractivity contribution >= 4 is 90.7 Å². The maximum atomic E-state index is 11.9. The molecule has 566 valence electrons. The Morgan fingerprint density at radius 1 is 0.312 bits per heavy atom. The van der Waals surface area contributed by atoms with Crippen molar-refractivity contribution in [2.75, 3.05) is 0 Å². The minimum absolute atomic E-state index is 0.00524. The van der Waals surface area contributed by atoms with Crippen LogP contribution < -0.4 is 11.5 Å². The Bertz CT molecular complexity index is 4420. The molecule has 17 heteroatoms. The van der Waals surface area contributed by atoms with Crippen molar-refractivity contribution < 1.29 is 73.0 Å². The van der Waals surface area contributed by atoms with E-state index in [0.29, 0.717) is 57.7 Å². The Morgan fingerprint density at radius 3 is 0.743 bits per heavy atom. The summed E-state index contributed by atoms with van der Waals surface area (Å²) in [7, 11) is 0. The number of nitrogens with two attached hydrogens (primary N) is 2. The van der Waals surface area contributed by atoms with Gasteiger partial charge < -0.3 is 46.1 Å². The van der Waals surface area contributed by atoms with E-state index in [0.717, 1.165) is 80.0 Å². The molecule has 16 aliphatic carbocycles. The molecule has 0 aromatic heterocycles. The molecule has 0 saturated heterocycles. The number of fused-ring (bicyclic) bond motifs is 4. The maximum Gasteiger partial charge on any atom is 0.314 e. The average Bonchev–Trinajstić information content (AvgIpc) is 1.45. The third-order valence-corrected chi connectivity index (χ3v) is 27.4. The summed E-state index contributed by atoms with van der Waals surface area (Å²) >= 11 is 0. The highest BCUT2D eigenvalue weighted by Crippen LogP contribution is 2.75. The highest BCUT2D eigenvalue weighted by Gasteiger charge is 2.78. The molecule has 8 spiro atoms. The van der Waals surface area contributed by atoms with Crippen LogP contribution in [0.5, 0.6) is 0 Å². The van der Waals surface area contributed by atoms with Crippen LogP contribution in [0.3, 0.4) is 0 Å². The molecule has 9 atom stereocenters. The number of ether oxygens (including phenoxy) is 3. The van der Waals surface area contributed by atoms with E-state index in [-0.39, 0.29) is 89.1 Å². The predicted octanol–water partition coefficient (Wildman–Crippen LogP) is 16.4. The zero-order valence-electron chi connectivity index (χ0n) is 61.9. The molecule has 17 nitrogen and oxygen atoms in total. The van der Waals surface area contributed by atoms with E-state index in [1.807, 2.05) is 84.9 Å². The Hall–Kier alpha value is -9.61. The summed E-state index contributed by atoms with van der Waals surface area (Å²) in [5, 5.41) is 43.8. The summed E-state index contributed by atoms with van der Waals surface area (Å²) < 4.78 is 16.3. The van der Waals surface area contributed by atoms with Gasteiger partial charge in [0.05, 0.1) is 42.6 Å². The molecule has 0 radical (unpaired) electrons. The van der Waals surface area contributed by atoms with Crippen LogP contribution in [0.15, 0.2) is 170 Å². The number of carboxylic acids is 3. The Kier molecular flexibility index (Phi) is 19.1. The summed E-state index contributed by atoms with van der Waals surface area (Å²) in [6.07, 6.45) is 28.4. The first kappa shape index (κ1) is 73.5. The van der Waals surface area contributed by atoms with Crippen molar-refractivity contribution in [1.29, 1.82) is 0 Å². The molecule has 0 heterocycles. The van der Waals surface area contributed by atoms with Crippen molar-refractivity contribution in [3.63, 3.8) is 0 Å². The van der Waals surface area contributed by atoms with Gasteiger partial charge in [0.25, 0.3) is 0 Å². The molecule has 24 rings (SSSR count). The Morgan fingerprint density at radius 2 is 0.541 bits per heavy atom. The standard InChI is InChI=1S/2C17H16O2.C17H15O2.C11H10O.2C6H9NO.3C6H8O2/c3*18-16(15-10-17(15)7-8-17)19-11-12-5-6-13-3-1-2-4-14(13)9-12;12-8-9-5-6-10-3-1-2-4-11(10)7-9;5*7-5(8)4-3-6(4)1-2-6/h2*1-6,9,15H,7-8,10-11H2;1-7,9,15H,8,10-11H2;1-7,12H,8H2;2*4H,1-3H2,(H2,7,8);3*4H,1-3H2,(H,7,8)/q;;+1;;;;;;. The number of aliphatic hydroxyl groups excluding tert-OH is 1. The molecule has 16 aliphatic rings. The molecule has 0 bridgehead atoms. The summed E-state index contributed by atoms with van der Waals surface area (Å²) in [6, 6.07) is 57.4. The van der Waals surface area contributed by atoms with E-state index in [1.54, 1.807) is 0 Å². The topological polar surface area (TPSA) is 297 Å². The average molecular weight is 1470 g/mol. The lowest BCUT2D eigenvalue weighted by molar-refractivity contribution is -0.147. The van der Waals surface area contributed by atoms with Gasteiger partial charge in [-0.2, -0.15) is 0 Å². The van der Waals surface area contributed by atoms with Gasteiger partial charge in [-0.15, -0.1) is 0 Å². The van der Waals surface area contributed by atoms with Gasteiger partial charge in [0.15, 0.2) is 5.41 Å². The number of amides is 2. The number of carboxylic acid groups (broad SMARTS) is 3. The smallest absolute Gasteiger partial charge is 0.314 e. The predicted molar refractivity (Wildman–Crippen MR) is 410 cm³/mol. The van der Waals surface area contributed by atoms with Gasteiger partial charge >= 0.3 is 35.8 Å².